The topological polar surface area (TPSA) is 83.6 Å². The van der Waals surface area contributed by atoms with Gasteiger partial charge in [0.1, 0.15) is 16.9 Å². The molecular weight excluding hydrogens is 422 g/mol. The molecule has 3 aromatic carbocycles. The molecule has 1 amide bonds. The number of nitrogens with zero attached hydrogens (tertiary/aromatic N) is 5. The number of rotatable bonds is 3. The van der Waals surface area contributed by atoms with E-state index in [1.165, 1.54) is 11.8 Å². The second kappa shape index (κ2) is 7.35. The van der Waals surface area contributed by atoms with Gasteiger partial charge in [-0.3, -0.25) is 9.69 Å². The molecule has 1 N–H and O–H groups in total. The van der Waals surface area contributed by atoms with Crippen LogP contribution in [0.5, 0.6) is 5.75 Å². The summed E-state index contributed by atoms with van der Waals surface area (Å²) in [5.74, 6) is 1.58. The Labute approximate surface area is 187 Å². The van der Waals surface area contributed by atoms with Gasteiger partial charge in [-0.15, -0.1) is 22.0 Å². The first-order valence-electron chi connectivity index (χ1n) is 10.1. The molecule has 0 aliphatic carbocycles. The molecule has 3 heterocycles. The van der Waals surface area contributed by atoms with Gasteiger partial charge >= 0.3 is 0 Å². The Morgan fingerprint density at radius 2 is 1.66 bits per heavy atom. The summed E-state index contributed by atoms with van der Waals surface area (Å²) in [6.45, 7) is 0. The minimum Gasteiger partial charge on any atom is -0.508 e. The Kier molecular flexibility index (Phi) is 4.32. The fourth-order valence-corrected chi connectivity index (χ4v) is 5.18. The molecule has 1 aliphatic rings. The van der Waals surface area contributed by atoms with E-state index in [0.29, 0.717) is 23.2 Å². The molecule has 0 spiro atoms. The second-order valence-corrected chi connectivity index (χ2v) is 8.56. The SMILES string of the molecule is O=C1CSC(c2ccc(O)cc2)N1c1nnc2c3ccccc3nc(-c3ccccc3)n12. The van der Waals surface area contributed by atoms with Crippen LogP contribution in [0, 0.1) is 0 Å². The van der Waals surface area contributed by atoms with Gasteiger partial charge in [0.15, 0.2) is 5.65 Å². The molecule has 1 unspecified atom stereocenters. The van der Waals surface area contributed by atoms with Crippen molar-refractivity contribution in [1.82, 2.24) is 19.6 Å². The molecule has 1 fully saturated rings. The highest BCUT2D eigenvalue weighted by atomic mass is 32.2. The van der Waals surface area contributed by atoms with Crippen LogP contribution < -0.4 is 4.90 Å². The van der Waals surface area contributed by atoms with Crippen LogP contribution in [0.1, 0.15) is 10.9 Å². The maximum atomic E-state index is 13.0. The Morgan fingerprint density at radius 1 is 0.906 bits per heavy atom. The highest BCUT2D eigenvalue weighted by Crippen LogP contribution is 2.42. The lowest BCUT2D eigenvalue weighted by Gasteiger charge is -2.23. The summed E-state index contributed by atoms with van der Waals surface area (Å²) in [5.41, 5.74) is 3.28. The van der Waals surface area contributed by atoms with Gasteiger partial charge in [-0.2, -0.15) is 0 Å². The van der Waals surface area contributed by atoms with E-state index >= 15 is 0 Å². The van der Waals surface area contributed by atoms with Crippen molar-refractivity contribution < 1.29 is 9.90 Å². The van der Waals surface area contributed by atoms with E-state index in [1.807, 2.05) is 71.1 Å². The highest BCUT2D eigenvalue weighted by molar-refractivity contribution is 8.00. The fourth-order valence-electron chi connectivity index (χ4n) is 4.03. The van der Waals surface area contributed by atoms with E-state index in [2.05, 4.69) is 10.2 Å². The van der Waals surface area contributed by atoms with E-state index < -0.39 is 0 Å². The van der Waals surface area contributed by atoms with Gasteiger partial charge in [-0.05, 0) is 29.8 Å². The molecular formula is C24H17N5O2S. The van der Waals surface area contributed by atoms with Crippen molar-refractivity contribution in [2.24, 2.45) is 0 Å². The van der Waals surface area contributed by atoms with Crippen molar-refractivity contribution in [2.45, 2.75) is 5.37 Å². The maximum absolute atomic E-state index is 13.0. The van der Waals surface area contributed by atoms with Gasteiger partial charge in [0.25, 0.3) is 0 Å². The lowest BCUT2D eigenvalue weighted by atomic mass is 10.2. The average Bonchev–Trinajstić information content (AvgIpc) is 3.43. The third-order valence-electron chi connectivity index (χ3n) is 5.52. The minimum absolute atomic E-state index is 0.0467. The van der Waals surface area contributed by atoms with Crippen LogP contribution in [0.4, 0.5) is 5.95 Å². The number of aromatic nitrogens is 4. The highest BCUT2D eigenvalue weighted by Gasteiger charge is 2.37. The van der Waals surface area contributed by atoms with Crippen LogP contribution in [0.25, 0.3) is 27.9 Å². The Hall–Kier alpha value is -3.91. The summed E-state index contributed by atoms with van der Waals surface area (Å²) >= 11 is 1.52. The third kappa shape index (κ3) is 2.91. The number of carbonyl (C=O) groups is 1. The number of benzene rings is 3. The predicted molar refractivity (Wildman–Crippen MR) is 125 cm³/mol. The number of hydrogen-bond donors (Lipinski definition) is 1. The van der Waals surface area contributed by atoms with E-state index in [-0.39, 0.29) is 17.0 Å². The molecule has 1 aliphatic heterocycles. The summed E-state index contributed by atoms with van der Waals surface area (Å²) in [4.78, 5) is 19.6. The van der Waals surface area contributed by atoms with Crippen LogP contribution >= 0.6 is 11.8 Å². The number of anilines is 1. The Morgan fingerprint density at radius 3 is 2.47 bits per heavy atom. The number of amides is 1. The average molecular weight is 440 g/mol. The molecule has 156 valence electrons. The van der Waals surface area contributed by atoms with E-state index in [1.54, 1.807) is 17.0 Å². The van der Waals surface area contributed by atoms with Gasteiger partial charge in [-0.1, -0.05) is 54.6 Å². The third-order valence-corrected chi connectivity index (χ3v) is 6.73. The smallest absolute Gasteiger partial charge is 0.241 e. The minimum atomic E-state index is -0.273. The Balaban J connectivity index is 1.62. The first-order chi connectivity index (χ1) is 15.7. The number of thioether (sulfide) groups is 1. The van der Waals surface area contributed by atoms with Crippen molar-refractivity contribution >= 4 is 40.2 Å². The number of para-hydroxylation sites is 1. The van der Waals surface area contributed by atoms with Crippen LogP contribution in [0.3, 0.4) is 0 Å². The molecule has 32 heavy (non-hydrogen) atoms. The van der Waals surface area contributed by atoms with E-state index in [0.717, 1.165) is 22.0 Å². The van der Waals surface area contributed by atoms with Crippen molar-refractivity contribution in [2.75, 3.05) is 10.7 Å². The molecule has 5 aromatic rings. The number of fused-ring (bicyclic) bond motifs is 3. The van der Waals surface area contributed by atoms with Gasteiger partial charge in [0.2, 0.25) is 11.9 Å². The zero-order valence-electron chi connectivity index (χ0n) is 16.8. The number of phenolic OH excluding ortho intramolecular Hbond substituents is 1. The van der Waals surface area contributed by atoms with Crippen molar-refractivity contribution in [3.63, 3.8) is 0 Å². The van der Waals surface area contributed by atoms with Crippen molar-refractivity contribution in [1.29, 1.82) is 0 Å². The fraction of sp³-hybridized carbons (Fsp3) is 0.0833. The number of hydrogen-bond acceptors (Lipinski definition) is 6. The monoisotopic (exact) mass is 439 g/mol. The molecule has 6 rings (SSSR count). The number of phenols is 1. The first-order valence-corrected chi connectivity index (χ1v) is 11.2. The largest absolute Gasteiger partial charge is 0.508 e. The molecule has 2 aromatic heterocycles. The van der Waals surface area contributed by atoms with E-state index in [9.17, 15) is 9.90 Å². The van der Waals surface area contributed by atoms with Gasteiger partial charge in [0.05, 0.1) is 11.3 Å². The molecule has 7 nitrogen and oxygen atoms in total. The quantitative estimate of drug-likeness (QED) is 0.448. The molecule has 0 saturated carbocycles. The Bertz CT molecular complexity index is 1470. The summed E-state index contributed by atoms with van der Waals surface area (Å²) in [7, 11) is 0. The van der Waals surface area contributed by atoms with Crippen LogP contribution in [-0.4, -0.2) is 36.3 Å². The van der Waals surface area contributed by atoms with E-state index in [4.69, 9.17) is 4.98 Å². The van der Waals surface area contributed by atoms with Crippen LogP contribution in [-0.2, 0) is 4.79 Å². The second-order valence-electron chi connectivity index (χ2n) is 7.50. The maximum Gasteiger partial charge on any atom is 0.241 e. The molecule has 0 bridgehead atoms. The van der Waals surface area contributed by atoms with Crippen molar-refractivity contribution in [3.8, 4) is 17.1 Å². The normalized spacial score (nSPS) is 16.3. The number of aromatic hydroxyl groups is 1. The molecule has 8 heteroatoms. The summed E-state index contributed by atoms with van der Waals surface area (Å²) in [6, 6.07) is 24.5. The summed E-state index contributed by atoms with van der Waals surface area (Å²) in [6.07, 6.45) is 0. The predicted octanol–water partition coefficient (Wildman–Crippen LogP) is 4.43. The zero-order valence-corrected chi connectivity index (χ0v) is 17.6. The van der Waals surface area contributed by atoms with Gasteiger partial charge in [-0.25, -0.2) is 9.38 Å². The lowest BCUT2D eigenvalue weighted by Crippen LogP contribution is -2.30. The summed E-state index contributed by atoms with van der Waals surface area (Å²) in [5, 5.41) is 19.2. The molecule has 1 atom stereocenters. The van der Waals surface area contributed by atoms with Crippen LogP contribution in [0.15, 0.2) is 78.9 Å². The first kappa shape index (κ1) is 18.8. The molecule has 0 radical (unpaired) electrons. The van der Waals surface area contributed by atoms with Crippen LogP contribution in [0.2, 0.25) is 0 Å². The summed E-state index contributed by atoms with van der Waals surface area (Å²) < 4.78 is 1.87. The zero-order chi connectivity index (χ0) is 21.7. The standard InChI is InChI=1S/C24H17N5O2S/c30-17-12-10-16(11-13-17)23-28(20(31)14-32-23)24-27-26-22-18-8-4-5-9-19(18)25-21(29(22)24)15-6-2-1-3-7-15/h1-13,23,30H,14H2. The molecule has 1 saturated heterocycles. The van der Waals surface area contributed by atoms with Gasteiger partial charge < -0.3 is 5.11 Å². The van der Waals surface area contributed by atoms with Gasteiger partial charge in [0, 0.05) is 10.9 Å². The lowest BCUT2D eigenvalue weighted by molar-refractivity contribution is -0.115. The number of carbonyl (C=O) groups excluding carboxylic acids is 1. The van der Waals surface area contributed by atoms with Crippen molar-refractivity contribution in [3.05, 3.63) is 84.4 Å².